The maximum absolute atomic E-state index is 11.8. The van der Waals surface area contributed by atoms with E-state index in [2.05, 4.69) is 4.99 Å². The van der Waals surface area contributed by atoms with Crippen LogP contribution in [0.4, 0.5) is 17.1 Å². The SMILES string of the molecule is COCCOc1cc2c(cc1OCCOC)C1=Nc3cc(COS(C)(=O)=O)cc([N+](=O)[O-])c3CN1C=N2. The Kier molecular flexibility index (Phi) is 8.02. The summed E-state index contributed by atoms with van der Waals surface area (Å²) < 4.78 is 49.5. The van der Waals surface area contributed by atoms with Gasteiger partial charge in [0, 0.05) is 31.9 Å². The molecular weight excluding hydrogens is 508 g/mol. The van der Waals surface area contributed by atoms with E-state index in [0.29, 0.717) is 65.2 Å². The Bertz CT molecular complexity index is 1360. The molecule has 0 fully saturated rings. The molecule has 0 atom stereocenters. The van der Waals surface area contributed by atoms with Crippen molar-refractivity contribution in [3.05, 3.63) is 51.1 Å². The van der Waals surface area contributed by atoms with Crippen molar-refractivity contribution in [2.24, 2.45) is 9.98 Å². The van der Waals surface area contributed by atoms with Gasteiger partial charge in [0.2, 0.25) is 0 Å². The molecule has 198 valence electrons. The first-order valence-corrected chi connectivity index (χ1v) is 13.0. The van der Waals surface area contributed by atoms with Crippen molar-refractivity contribution in [1.29, 1.82) is 0 Å². The fourth-order valence-electron chi connectivity index (χ4n) is 3.78. The minimum Gasteiger partial charge on any atom is -0.487 e. The van der Waals surface area contributed by atoms with Crippen LogP contribution in [0.5, 0.6) is 11.5 Å². The zero-order chi connectivity index (χ0) is 26.6. The monoisotopic (exact) mass is 534 g/mol. The first-order valence-electron chi connectivity index (χ1n) is 11.2. The molecule has 2 heterocycles. The number of methoxy groups -OCH3 is 2. The van der Waals surface area contributed by atoms with Gasteiger partial charge in [-0.2, -0.15) is 8.42 Å². The molecule has 4 rings (SSSR count). The summed E-state index contributed by atoms with van der Waals surface area (Å²) >= 11 is 0. The molecule has 2 aliphatic heterocycles. The number of nitro groups is 1. The standard InChI is InChI=1S/C23H26N4O9S/c1-32-4-6-34-21-10-16-18(11-22(21)35-7-5-33-2)24-14-26-12-17-19(25-23(16)26)8-15(9-20(17)27(28)29)13-36-37(3,30)31/h8-11,14H,4-7,12-13H2,1-3H3. The van der Waals surface area contributed by atoms with Gasteiger partial charge in [-0.1, -0.05) is 0 Å². The van der Waals surface area contributed by atoms with Crippen molar-refractivity contribution in [2.75, 3.05) is 46.9 Å². The van der Waals surface area contributed by atoms with E-state index in [9.17, 15) is 18.5 Å². The first kappa shape index (κ1) is 26.5. The van der Waals surface area contributed by atoms with E-state index in [4.69, 9.17) is 28.1 Å². The van der Waals surface area contributed by atoms with Crippen molar-refractivity contribution >= 4 is 39.4 Å². The molecule has 0 radical (unpaired) electrons. The highest BCUT2D eigenvalue weighted by atomic mass is 32.2. The number of fused-ring (bicyclic) bond motifs is 4. The second-order valence-electron chi connectivity index (χ2n) is 8.14. The van der Waals surface area contributed by atoms with Crippen LogP contribution in [0.15, 0.2) is 34.3 Å². The molecule has 0 amide bonds. The lowest BCUT2D eigenvalue weighted by atomic mass is 10.0. The Labute approximate surface area is 213 Å². The summed E-state index contributed by atoms with van der Waals surface area (Å²) in [4.78, 5) is 22.2. The number of hydrogen-bond donors (Lipinski definition) is 0. The second-order valence-corrected chi connectivity index (χ2v) is 9.79. The van der Waals surface area contributed by atoms with Gasteiger partial charge in [0.15, 0.2) is 11.5 Å². The van der Waals surface area contributed by atoms with E-state index in [1.807, 2.05) is 0 Å². The average molecular weight is 535 g/mol. The van der Waals surface area contributed by atoms with Crippen LogP contribution in [-0.2, 0) is 36.9 Å². The molecule has 2 aliphatic rings. The fourth-order valence-corrected chi connectivity index (χ4v) is 4.13. The Balaban J connectivity index is 1.76. The summed E-state index contributed by atoms with van der Waals surface area (Å²) in [5, 5.41) is 11.8. The van der Waals surface area contributed by atoms with Crippen molar-refractivity contribution in [2.45, 2.75) is 13.2 Å². The molecule has 0 bridgehead atoms. The largest absolute Gasteiger partial charge is 0.487 e. The summed E-state index contributed by atoms with van der Waals surface area (Å²) in [6.45, 7) is 1.15. The number of benzene rings is 2. The van der Waals surface area contributed by atoms with Crippen LogP contribution in [-0.4, -0.2) is 77.3 Å². The number of aliphatic imine (C=N–C) groups is 2. The third-order valence-electron chi connectivity index (χ3n) is 5.46. The molecule has 0 unspecified atom stereocenters. The molecule has 2 aromatic carbocycles. The number of rotatable bonds is 12. The van der Waals surface area contributed by atoms with Gasteiger partial charge in [0.25, 0.3) is 15.8 Å². The fraction of sp³-hybridized carbons (Fsp3) is 0.391. The average Bonchev–Trinajstić information content (AvgIpc) is 2.85. The van der Waals surface area contributed by atoms with Crippen LogP contribution in [0.1, 0.15) is 16.7 Å². The molecule has 0 saturated heterocycles. The Morgan fingerprint density at radius 2 is 1.68 bits per heavy atom. The zero-order valence-corrected chi connectivity index (χ0v) is 21.3. The lowest BCUT2D eigenvalue weighted by molar-refractivity contribution is -0.385. The highest BCUT2D eigenvalue weighted by molar-refractivity contribution is 7.85. The van der Waals surface area contributed by atoms with Gasteiger partial charge in [0.05, 0.1) is 60.8 Å². The van der Waals surface area contributed by atoms with Crippen molar-refractivity contribution in [3.8, 4) is 11.5 Å². The van der Waals surface area contributed by atoms with Crippen LogP contribution >= 0.6 is 0 Å². The highest BCUT2D eigenvalue weighted by Crippen LogP contribution is 2.42. The molecule has 0 aromatic heterocycles. The van der Waals surface area contributed by atoms with Crippen molar-refractivity contribution in [3.63, 3.8) is 0 Å². The smallest absolute Gasteiger partial charge is 0.276 e. The Morgan fingerprint density at radius 1 is 1.00 bits per heavy atom. The summed E-state index contributed by atoms with van der Waals surface area (Å²) in [5.74, 6) is 1.44. The molecule has 0 N–H and O–H groups in total. The lowest BCUT2D eigenvalue weighted by Crippen LogP contribution is -2.34. The zero-order valence-electron chi connectivity index (χ0n) is 20.5. The van der Waals surface area contributed by atoms with Crippen LogP contribution in [0.3, 0.4) is 0 Å². The lowest BCUT2D eigenvalue weighted by Gasteiger charge is -2.30. The van der Waals surface area contributed by atoms with E-state index in [0.717, 1.165) is 6.26 Å². The van der Waals surface area contributed by atoms with E-state index in [1.54, 1.807) is 43.7 Å². The predicted octanol–water partition coefficient (Wildman–Crippen LogP) is 2.69. The van der Waals surface area contributed by atoms with Gasteiger partial charge in [-0.25, -0.2) is 9.98 Å². The van der Waals surface area contributed by atoms with E-state index >= 15 is 0 Å². The van der Waals surface area contributed by atoms with Crippen LogP contribution in [0, 0.1) is 10.1 Å². The van der Waals surface area contributed by atoms with Crippen LogP contribution in [0.2, 0.25) is 0 Å². The number of amidine groups is 1. The van der Waals surface area contributed by atoms with Crippen LogP contribution < -0.4 is 9.47 Å². The quantitative estimate of drug-likeness (QED) is 0.172. The normalized spacial score (nSPS) is 13.9. The minimum absolute atomic E-state index is 0.145. The molecule has 37 heavy (non-hydrogen) atoms. The van der Waals surface area contributed by atoms with Crippen LogP contribution in [0.25, 0.3) is 0 Å². The van der Waals surface area contributed by atoms with E-state index in [-0.39, 0.29) is 25.4 Å². The topological polar surface area (TPSA) is 151 Å². The van der Waals surface area contributed by atoms with Gasteiger partial charge in [-0.15, -0.1) is 0 Å². The second kappa shape index (κ2) is 11.2. The number of ether oxygens (including phenoxy) is 4. The van der Waals surface area contributed by atoms with Gasteiger partial charge >= 0.3 is 0 Å². The maximum Gasteiger partial charge on any atom is 0.276 e. The summed E-state index contributed by atoms with van der Waals surface area (Å²) in [7, 11) is -0.589. The van der Waals surface area contributed by atoms with Gasteiger partial charge < -0.3 is 23.8 Å². The third kappa shape index (κ3) is 6.22. The summed E-state index contributed by atoms with van der Waals surface area (Å²) in [6.07, 6.45) is 2.47. The predicted molar refractivity (Wildman–Crippen MR) is 134 cm³/mol. The third-order valence-corrected chi connectivity index (χ3v) is 6.00. The molecule has 0 spiro atoms. The minimum atomic E-state index is -3.74. The Morgan fingerprint density at radius 3 is 2.30 bits per heavy atom. The van der Waals surface area contributed by atoms with E-state index < -0.39 is 15.0 Å². The van der Waals surface area contributed by atoms with Crippen molar-refractivity contribution in [1.82, 2.24) is 4.90 Å². The molecule has 0 aliphatic carbocycles. The Hall–Kier alpha value is -3.59. The van der Waals surface area contributed by atoms with Gasteiger partial charge in [0.1, 0.15) is 19.0 Å². The van der Waals surface area contributed by atoms with E-state index in [1.165, 1.54) is 6.07 Å². The number of nitro benzene ring substituents is 1. The van der Waals surface area contributed by atoms with Gasteiger partial charge in [-0.05, 0) is 17.7 Å². The molecule has 2 aromatic rings. The number of hydrogen-bond acceptors (Lipinski definition) is 12. The molecule has 0 saturated carbocycles. The number of nitrogens with zero attached hydrogens (tertiary/aromatic N) is 4. The summed E-state index contributed by atoms with van der Waals surface area (Å²) in [5.41, 5.74) is 2.07. The van der Waals surface area contributed by atoms with Crippen molar-refractivity contribution < 1.29 is 36.5 Å². The summed E-state index contributed by atoms with van der Waals surface area (Å²) in [6, 6.07) is 6.37. The molecule has 14 heteroatoms. The first-order chi connectivity index (χ1) is 17.7. The highest BCUT2D eigenvalue weighted by Gasteiger charge is 2.31. The van der Waals surface area contributed by atoms with Gasteiger partial charge in [-0.3, -0.25) is 14.3 Å². The molecular formula is C23H26N4O9S. The maximum atomic E-state index is 11.8. The molecule has 13 nitrogen and oxygen atoms in total.